The van der Waals surface area contributed by atoms with Gasteiger partial charge in [0.1, 0.15) is 6.04 Å². The van der Waals surface area contributed by atoms with E-state index in [1.54, 1.807) is 0 Å². The molecule has 0 heterocycles. The molecule has 4 heteroatoms. The van der Waals surface area contributed by atoms with E-state index >= 15 is 0 Å². The Morgan fingerprint density at radius 3 is 2.00 bits per heavy atom. The van der Waals surface area contributed by atoms with Gasteiger partial charge in [-0.3, -0.25) is 9.59 Å². The van der Waals surface area contributed by atoms with Crippen molar-refractivity contribution in [1.82, 2.24) is 5.32 Å². The first-order valence-corrected chi connectivity index (χ1v) is 5.62. The topological polar surface area (TPSA) is 66.4 Å². The molecule has 1 amide bonds. The molecular formula is C11H17NO3. The molecule has 2 fully saturated rings. The number of carboxylic acid groups (broad SMARTS) is 1. The first-order valence-electron chi connectivity index (χ1n) is 5.62. The molecule has 0 aromatic heterocycles. The molecule has 4 nitrogen and oxygen atoms in total. The van der Waals surface area contributed by atoms with Crippen molar-refractivity contribution in [3.8, 4) is 0 Å². The molecule has 1 atom stereocenters. The molecular weight excluding hydrogens is 194 g/mol. The minimum Gasteiger partial charge on any atom is -0.480 e. The molecule has 0 aromatic rings. The highest BCUT2D eigenvalue weighted by Crippen LogP contribution is 2.49. The van der Waals surface area contributed by atoms with E-state index < -0.39 is 12.0 Å². The Bertz CT molecular complexity index is 270. The minimum atomic E-state index is -0.964. The largest absolute Gasteiger partial charge is 0.480 e. The Kier molecular flexibility index (Phi) is 2.67. The van der Waals surface area contributed by atoms with Crippen LogP contribution in [0.1, 0.15) is 32.6 Å². The molecule has 0 bridgehead atoms. The standard InChI is InChI=1S/C11H17NO3/c1-6(11(14)15)12-10(13)9(7-2-3-7)8-4-5-8/h6-9H,2-5H2,1H3,(H,12,13)(H,14,15)/t6-/m1/s1. The zero-order valence-electron chi connectivity index (χ0n) is 8.90. The van der Waals surface area contributed by atoms with Crippen LogP contribution in [-0.4, -0.2) is 23.0 Å². The summed E-state index contributed by atoms with van der Waals surface area (Å²) in [6.07, 6.45) is 4.54. The quantitative estimate of drug-likeness (QED) is 0.713. The lowest BCUT2D eigenvalue weighted by Gasteiger charge is -2.17. The van der Waals surface area contributed by atoms with Gasteiger partial charge < -0.3 is 10.4 Å². The summed E-state index contributed by atoms with van der Waals surface area (Å²) in [5.74, 6) is 0.132. The van der Waals surface area contributed by atoms with E-state index in [0.717, 1.165) is 25.7 Å². The van der Waals surface area contributed by atoms with Crippen LogP contribution in [0, 0.1) is 17.8 Å². The Balaban J connectivity index is 1.89. The Labute approximate surface area is 89.0 Å². The average Bonchev–Trinajstić information content (AvgIpc) is 2.97. The van der Waals surface area contributed by atoms with Gasteiger partial charge in [0.2, 0.25) is 5.91 Å². The van der Waals surface area contributed by atoms with Crippen molar-refractivity contribution < 1.29 is 14.7 Å². The minimum absolute atomic E-state index is 0.0464. The third kappa shape index (κ3) is 2.49. The molecule has 0 saturated heterocycles. The highest BCUT2D eigenvalue weighted by Gasteiger charge is 2.45. The zero-order valence-corrected chi connectivity index (χ0v) is 8.90. The molecule has 0 radical (unpaired) electrons. The number of nitrogens with one attached hydrogen (secondary N) is 1. The molecule has 0 aromatic carbocycles. The van der Waals surface area contributed by atoms with Crippen molar-refractivity contribution in [1.29, 1.82) is 0 Å². The number of aliphatic carboxylic acids is 1. The van der Waals surface area contributed by atoms with Crippen LogP contribution in [-0.2, 0) is 9.59 Å². The molecule has 2 saturated carbocycles. The van der Waals surface area contributed by atoms with Crippen LogP contribution in [0.15, 0.2) is 0 Å². The number of carbonyl (C=O) groups is 2. The zero-order chi connectivity index (χ0) is 11.0. The maximum Gasteiger partial charge on any atom is 0.325 e. The number of hydrogen-bond acceptors (Lipinski definition) is 2. The summed E-state index contributed by atoms with van der Waals surface area (Å²) in [6.45, 7) is 1.51. The maximum atomic E-state index is 11.8. The molecule has 0 spiro atoms. The molecule has 2 N–H and O–H groups in total. The smallest absolute Gasteiger partial charge is 0.325 e. The van der Waals surface area contributed by atoms with Crippen LogP contribution in [0.5, 0.6) is 0 Å². The summed E-state index contributed by atoms with van der Waals surface area (Å²) in [5, 5.41) is 11.3. The highest BCUT2D eigenvalue weighted by atomic mass is 16.4. The Morgan fingerprint density at radius 1 is 1.20 bits per heavy atom. The van der Waals surface area contributed by atoms with Crippen molar-refractivity contribution >= 4 is 11.9 Å². The van der Waals surface area contributed by atoms with E-state index in [0.29, 0.717) is 11.8 Å². The van der Waals surface area contributed by atoms with Gasteiger partial charge in [-0.25, -0.2) is 0 Å². The molecule has 0 unspecified atom stereocenters. The SMILES string of the molecule is C[C@@H](NC(=O)C(C1CC1)C1CC1)C(=O)O. The van der Waals surface area contributed by atoms with E-state index in [-0.39, 0.29) is 11.8 Å². The average molecular weight is 211 g/mol. The molecule has 15 heavy (non-hydrogen) atoms. The number of rotatable bonds is 5. The third-order valence-electron chi connectivity index (χ3n) is 3.29. The van der Waals surface area contributed by atoms with E-state index in [9.17, 15) is 9.59 Å². The van der Waals surface area contributed by atoms with Crippen molar-refractivity contribution in [2.24, 2.45) is 17.8 Å². The normalized spacial score (nSPS) is 22.5. The van der Waals surface area contributed by atoms with Gasteiger partial charge in [0, 0.05) is 5.92 Å². The van der Waals surface area contributed by atoms with Crippen LogP contribution in [0.4, 0.5) is 0 Å². The predicted molar refractivity (Wildman–Crippen MR) is 54.2 cm³/mol. The highest BCUT2D eigenvalue weighted by molar-refractivity contribution is 5.85. The Hall–Kier alpha value is -1.06. The van der Waals surface area contributed by atoms with Gasteiger partial charge in [-0.05, 0) is 44.4 Å². The lowest BCUT2D eigenvalue weighted by Crippen LogP contribution is -2.42. The Morgan fingerprint density at radius 2 is 1.67 bits per heavy atom. The first kappa shape index (κ1) is 10.5. The van der Waals surface area contributed by atoms with E-state index in [4.69, 9.17) is 5.11 Å². The van der Waals surface area contributed by atoms with Gasteiger partial charge >= 0.3 is 5.97 Å². The number of amides is 1. The van der Waals surface area contributed by atoms with E-state index in [2.05, 4.69) is 5.32 Å². The summed E-state index contributed by atoms with van der Waals surface area (Å²) < 4.78 is 0. The van der Waals surface area contributed by atoms with Crippen LogP contribution >= 0.6 is 0 Å². The third-order valence-corrected chi connectivity index (χ3v) is 3.29. The lowest BCUT2D eigenvalue weighted by molar-refractivity contribution is -0.142. The van der Waals surface area contributed by atoms with Gasteiger partial charge in [0.15, 0.2) is 0 Å². The van der Waals surface area contributed by atoms with Crippen molar-refractivity contribution in [3.05, 3.63) is 0 Å². The van der Waals surface area contributed by atoms with Crippen LogP contribution in [0.3, 0.4) is 0 Å². The van der Waals surface area contributed by atoms with E-state index in [1.165, 1.54) is 6.92 Å². The van der Waals surface area contributed by atoms with Gasteiger partial charge in [-0.1, -0.05) is 0 Å². The van der Waals surface area contributed by atoms with Crippen molar-refractivity contribution in [2.45, 2.75) is 38.6 Å². The molecule has 2 aliphatic carbocycles. The lowest BCUT2D eigenvalue weighted by atomic mass is 9.96. The molecule has 2 rings (SSSR count). The molecule has 0 aliphatic heterocycles. The predicted octanol–water partition coefficient (Wildman–Crippen LogP) is 1.01. The second kappa shape index (κ2) is 3.83. The van der Waals surface area contributed by atoms with Crippen molar-refractivity contribution in [3.63, 3.8) is 0 Å². The van der Waals surface area contributed by atoms with Crippen LogP contribution in [0.2, 0.25) is 0 Å². The van der Waals surface area contributed by atoms with Crippen LogP contribution < -0.4 is 5.32 Å². The monoisotopic (exact) mass is 211 g/mol. The van der Waals surface area contributed by atoms with E-state index in [1.807, 2.05) is 0 Å². The summed E-state index contributed by atoms with van der Waals surface area (Å²) in [6, 6.07) is -0.766. The summed E-state index contributed by atoms with van der Waals surface area (Å²) in [7, 11) is 0. The fourth-order valence-electron chi connectivity index (χ4n) is 2.10. The maximum absolute atomic E-state index is 11.8. The molecule has 84 valence electrons. The fraction of sp³-hybridized carbons (Fsp3) is 0.818. The summed E-state index contributed by atoms with van der Waals surface area (Å²) in [5.41, 5.74) is 0. The van der Waals surface area contributed by atoms with Gasteiger partial charge in [0.05, 0.1) is 0 Å². The van der Waals surface area contributed by atoms with Gasteiger partial charge in [0.25, 0.3) is 0 Å². The first-order chi connectivity index (χ1) is 7.09. The summed E-state index contributed by atoms with van der Waals surface area (Å²) >= 11 is 0. The second-order valence-corrected chi connectivity index (χ2v) is 4.77. The number of hydrogen-bond donors (Lipinski definition) is 2. The van der Waals surface area contributed by atoms with Crippen LogP contribution in [0.25, 0.3) is 0 Å². The van der Waals surface area contributed by atoms with Gasteiger partial charge in [-0.2, -0.15) is 0 Å². The van der Waals surface area contributed by atoms with Gasteiger partial charge in [-0.15, -0.1) is 0 Å². The number of carbonyl (C=O) groups excluding carboxylic acids is 1. The fourth-order valence-corrected chi connectivity index (χ4v) is 2.10. The molecule has 2 aliphatic rings. The van der Waals surface area contributed by atoms with Crippen molar-refractivity contribution in [2.75, 3.05) is 0 Å². The second-order valence-electron chi connectivity index (χ2n) is 4.77. The number of carboxylic acids is 1. The summed E-state index contributed by atoms with van der Waals surface area (Å²) in [4.78, 5) is 22.5.